The second-order valence-electron chi connectivity index (χ2n) is 4.76. The van der Waals surface area contributed by atoms with Crippen molar-refractivity contribution in [1.29, 1.82) is 0 Å². The first kappa shape index (κ1) is 14.2. The van der Waals surface area contributed by atoms with Crippen molar-refractivity contribution in [3.05, 3.63) is 21.9 Å². The van der Waals surface area contributed by atoms with Gasteiger partial charge in [-0.05, 0) is 31.9 Å². The molecule has 0 fully saturated rings. The Balaban J connectivity index is 2.54. The Bertz CT molecular complexity index is 385. The van der Waals surface area contributed by atoms with Crippen LogP contribution in [0.2, 0.25) is 0 Å². The van der Waals surface area contributed by atoms with E-state index in [1.165, 1.54) is 11.3 Å². The number of hydrogen-bond acceptors (Lipinski definition) is 3. The molecule has 1 heterocycles. The molecule has 4 heteroatoms. The number of hydrogen-bond donors (Lipinski definition) is 2. The number of thiophene rings is 1. The predicted octanol–water partition coefficient (Wildman–Crippen LogP) is 2.58. The van der Waals surface area contributed by atoms with Crippen molar-refractivity contribution in [3.8, 4) is 0 Å². The van der Waals surface area contributed by atoms with Gasteiger partial charge in [-0.2, -0.15) is 0 Å². The highest BCUT2D eigenvalue weighted by molar-refractivity contribution is 7.13. The second kappa shape index (κ2) is 5.65. The van der Waals surface area contributed by atoms with Crippen molar-refractivity contribution in [2.45, 2.75) is 39.7 Å². The molecule has 2 atom stereocenters. The Hall–Kier alpha value is -0.870. The lowest BCUT2D eigenvalue weighted by Gasteiger charge is -2.29. The van der Waals surface area contributed by atoms with Gasteiger partial charge in [-0.3, -0.25) is 4.79 Å². The van der Waals surface area contributed by atoms with E-state index in [0.717, 1.165) is 11.3 Å². The Morgan fingerprint density at radius 1 is 1.59 bits per heavy atom. The van der Waals surface area contributed by atoms with E-state index in [2.05, 4.69) is 5.32 Å². The molecule has 0 aliphatic carbocycles. The molecule has 0 aliphatic heterocycles. The maximum Gasteiger partial charge on any atom is 0.261 e. The first-order chi connectivity index (χ1) is 7.86. The molecule has 0 radical (unpaired) electrons. The van der Waals surface area contributed by atoms with Gasteiger partial charge in [0.25, 0.3) is 5.91 Å². The number of carbonyl (C=O) groups is 1. The van der Waals surface area contributed by atoms with Crippen LogP contribution in [0.3, 0.4) is 0 Å². The van der Waals surface area contributed by atoms with Crippen LogP contribution in [0, 0.1) is 12.8 Å². The minimum Gasteiger partial charge on any atom is -0.388 e. The van der Waals surface area contributed by atoms with E-state index in [9.17, 15) is 9.90 Å². The average molecular weight is 255 g/mol. The molecule has 1 rings (SSSR count). The quantitative estimate of drug-likeness (QED) is 0.849. The summed E-state index contributed by atoms with van der Waals surface area (Å²) in [5.74, 6) is 0.0551. The monoisotopic (exact) mass is 255 g/mol. The minimum absolute atomic E-state index is 0.105. The first-order valence-corrected chi connectivity index (χ1v) is 6.75. The van der Waals surface area contributed by atoms with Crippen molar-refractivity contribution < 1.29 is 9.90 Å². The Labute approximate surface area is 107 Å². The molecule has 3 nitrogen and oxygen atoms in total. The third kappa shape index (κ3) is 3.82. The highest BCUT2D eigenvalue weighted by Crippen LogP contribution is 2.20. The van der Waals surface area contributed by atoms with Gasteiger partial charge in [0.2, 0.25) is 0 Å². The zero-order chi connectivity index (χ0) is 13.1. The summed E-state index contributed by atoms with van der Waals surface area (Å²) in [6.07, 6.45) is 0.890. The largest absolute Gasteiger partial charge is 0.388 e. The summed E-state index contributed by atoms with van der Waals surface area (Å²) < 4.78 is 0. The Kier molecular flexibility index (Phi) is 4.71. The zero-order valence-corrected chi connectivity index (χ0v) is 11.7. The van der Waals surface area contributed by atoms with Gasteiger partial charge in [-0.15, -0.1) is 11.3 Å². The molecule has 1 amide bonds. The molecule has 1 aromatic rings. The highest BCUT2D eigenvalue weighted by atomic mass is 32.1. The summed E-state index contributed by atoms with van der Waals surface area (Å²) >= 11 is 1.47. The molecule has 0 saturated heterocycles. The van der Waals surface area contributed by atoms with Crippen LogP contribution < -0.4 is 5.32 Å². The lowest BCUT2D eigenvalue weighted by Crippen LogP contribution is -2.44. The number of carbonyl (C=O) groups excluding carboxylic acids is 1. The van der Waals surface area contributed by atoms with E-state index in [0.29, 0.717) is 4.88 Å². The fourth-order valence-electron chi connectivity index (χ4n) is 1.52. The van der Waals surface area contributed by atoms with Gasteiger partial charge < -0.3 is 10.4 Å². The lowest BCUT2D eigenvalue weighted by atomic mass is 9.88. The van der Waals surface area contributed by atoms with E-state index in [-0.39, 0.29) is 18.4 Å². The van der Waals surface area contributed by atoms with Crippen LogP contribution >= 0.6 is 11.3 Å². The van der Waals surface area contributed by atoms with E-state index in [4.69, 9.17) is 0 Å². The Morgan fingerprint density at radius 2 is 2.24 bits per heavy atom. The molecular formula is C13H21NO2S. The molecule has 0 spiro atoms. The molecule has 96 valence electrons. The van der Waals surface area contributed by atoms with Crippen LogP contribution in [0.1, 0.15) is 41.7 Å². The second-order valence-corrected chi connectivity index (χ2v) is 6.05. The topological polar surface area (TPSA) is 49.3 Å². The molecule has 2 unspecified atom stereocenters. The van der Waals surface area contributed by atoms with Gasteiger partial charge in [0.15, 0.2) is 0 Å². The van der Waals surface area contributed by atoms with E-state index in [1.54, 1.807) is 6.92 Å². The minimum atomic E-state index is -0.850. The summed E-state index contributed by atoms with van der Waals surface area (Å²) in [7, 11) is 0. The molecule has 0 aliphatic rings. The molecule has 1 aromatic heterocycles. The van der Waals surface area contributed by atoms with E-state index in [1.807, 2.05) is 32.9 Å². The van der Waals surface area contributed by atoms with Crippen LogP contribution in [-0.4, -0.2) is 23.2 Å². The van der Waals surface area contributed by atoms with E-state index < -0.39 is 5.60 Å². The summed E-state index contributed by atoms with van der Waals surface area (Å²) in [4.78, 5) is 13.6. The number of nitrogens with one attached hydrogen (secondary N) is 1. The van der Waals surface area contributed by atoms with E-state index >= 15 is 0 Å². The van der Waals surface area contributed by atoms with Crippen LogP contribution in [0.15, 0.2) is 12.1 Å². The third-order valence-electron chi connectivity index (χ3n) is 3.25. The van der Waals surface area contributed by atoms with Crippen LogP contribution in [-0.2, 0) is 0 Å². The zero-order valence-electron chi connectivity index (χ0n) is 10.9. The van der Waals surface area contributed by atoms with Gasteiger partial charge in [-0.25, -0.2) is 0 Å². The molecule has 2 N–H and O–H groups in total. The number of aryl methyl sites for hydroxylation is 1. The number of aliphatic hydroxyl groups is 1. The standard InChI is InChI=1S/C13H21NO2S/c1-5-9(2)13(4,16)8-14-12(15)11-7-6-10(3)17-11/h6-7,9,16H,5,8H2,1-4H3,(H,14,15). The van der Waals surface area contributed by atoms with Gasteiger partial charge >= 0.3 is 0 Å². The van der Waals surface area contributed by atoms with Crippen molar-refractivity contribution in [2.75, 3.05) is 6.54 Å². The average Bonchev–Trinajstić information content (AvgIpc) is 2.71. The van der Waals surface area contributed by atoms with Gasteiger partial charge in [0.05, 0.1) is 10.5 Å². The maximum atomic E-state index is 11.8. The van der Waals surface area contributed by atoms with Crippen LogP contribution in [0.4, 0.5) is 0 Å². The fraction of sp³-hybridized carbons (Fsp3) is 0.615. The normalized spacial score (nSPS) is 16.3. The smallest absolute Gasteiger partial charge is 0.261 e. The van der Waals surface area contributed by atoms with Crippen LogP contribution in [0.25, 0.3) is 0 Å². The summed E-state index contributed by atoms with van der Waals surface area (Å²) in [6, 6.07) is 3.74. The fourth-order valence-corrected chi connectivity index (χ4v) is 2.30. The Morgan fingerprint density at radius 3 is 2.71 bits per heavy atom. The third-order valence-corrected chi connectivity index (χ3v) is 4.24. The molecule has 0 saturated carbocycles. The first-order valence-electron chi connectivity index (χ1n) is 5.94. The maximum absolute atomic E-state index is 11.8. The molecule has 0 bridgehead atoms. The lowest BCUT2D eigenvalue weighted by molar-refractivity contribution is 0.00596. The van der Waals surface area contributed by atoms with Gasteiger partial charge in [-0.1, -0.05) is 20.3 Å². The summed E-state index contributed by atoms with van der Waals surface area (Å²) in [5.41, 5.74) is -0.850. The van der Waals surface area contributed by atoms with Gasteiger partial charge in [0.1, 0.15) is 0 Å². The molecule has 0 aromatic carbocycles. The predicted molar refractivity (Wildman–Crippen MR) is 71.5 cm³/mol. The number of amides is 1. The SMILES string of the molecule is CCC(C)C(C)(O)CNC(=O)c1ccc(C)s1. The summed E-state index contributed by atoms with van der Waals surface area (Å²) in [6.45, 7) is 8.04. The van der Waals surface area contributed by atoms with Crippen molar-refractivity contribution >= 4 is 17.2 Å². The van der Waals surface area contributed by atoms with Crippen LogP contribution in [0.5, 0.6) is 0 Å². The van der Waals surface area contributed by atoms with Crippen molar-refractivity contribution in [1.82, 2.24) is 5.32 Å². The summed E-state index contributed by atoms with van der Waals surface area (Å²) in [5, 5.41) is 13.0. The highest BCUT2D eigenvalue weighted by Gasteiger charge is 2.27. The molecular weight excluding hydrogens is 234 g/mol. The van der Waals surface area contributed by atoms with Crippen molar-refractivity contribution in [3.63, 3.8) is 0 Å². The van der Waals surface area contributed by atoms with Crippen molar-refractivity contribution in [2.24, 2.45) is 5.92 Å². The van der Waals surface area contributed by atoms with Gasteiger partial charge in [0, 0.05) is 11.4 Å². The molecule has 17 heavy (non-hydrogen) atoms. The number of rotatable bonds is 5.